The maximum absolute atomic E-state index is 12.8. The van der Waals surface area contributed by atoms with Crippen molar-refractivity contribution in [2.24, 2.45) is 0 Å². The number of nitrogens with zero attached hydrogens (tertiary/aromatic N) is 5. The van der Waals surface area contributed by atoms with E-state index in [1.54, 1.807) is 19.2 Å². The van der Waals surface area contributed by atoms with Crippen molar-refractivity contribution in [2.45, 2.75) is 45.7 Å². The molecule has 2 N–H and O–H groups in total. The summed E-state index contributed by atoms with van der Waals surface area (Å²) >= 11 is 0. The Bertz CT molecular complexity index is 1030. The van der Waals surface area contributed by atoms with Crippen molar-refractivity contribution in [1.82, 2.24) is 35.5 Å². The van der Waals surface area contributed by atoms with Crippen molar-refractivity contribution in [3.8, 4) is 0 Å². The van der Waals surface area contributed by atoms with Gasteiger partial charge in [-0.15, -0.1) is 0 Å². The molecule has 0 spiro atoms. The van der Waals surface area contributed by atoms with Crippen LogP contribution < -0.4 is 10.6 Å². The highest BCUT2D eigenvalue weighted by molar-refractivity contribution is 5.92. The molecular formula is C17H19F2N7O3. The molecule has 3 heterocycles. The molecule has 3 aromatic rings. The minimum atomic E-state index is -2.87. The van der Waals surface area contributed by atoms with Crippen LogP contribution in [-0.2, 0) is 17.9 Å². The lowest BCUT2D eigenvalue weighted by Gasteiger charge is -2.09. The van der Waals surface area contributed by atoms with E-state index in [1.807, 2.05) is 0 Å². The van der Waals surface area contributed by atoms with Crippen LogP contribution in [0, 0.1) is 6.92 Å². The molecule has 0 radical (unpaired) electrons. The van der Waals surface area contributed by atoms with E-state index in [-0.39, 0.29) is 25.2 Å². The molecule has 2 amide bonds. The van der Waals surface area contributed by atoms with Gasteiger partial charge in [0.2, 0.25) is 11.8 Å². The van der Waals surface area contributed by atoms with Gasteiger partial charge in [-0.1, -0.05) is 5.16 Å². The fourth-order valence-electron chi connectivity index (χ4n) is 2.46. The van der Waals surface area contributed by atoms with E-state index in [0.29, 0.717) is 22.6 Å². The normalized spacial score (nSPS) is 11.6. The van der Waals surface area contributed by atoms with Crippen LogP contribution in [-0.4, -0.2) is 42.6 Å². The number of halogens is 2. The van der Waals surface area contributed by atoms with Crippen LogP contribution in [0.1, 0.15) is 47.2 Å². The van der Waals surface area contributed by atoms with Crippen LogP contribution in [0.2, 0.25) is 0 Å². The maximum atomic E-state index is 12.8. The van der Waals surface area contributed by atoms with Crippen molar-refractivity contribution in [2.75, 3.05) is 0 Å². The Morgan fingerprint density at radius 3 is 2.72 bits per heavy atom. The average molecular weight is 407 g/mol. The molecule has 0 saturated carbocycles. The Morgan fingerprint density at radius 1 is 1.24 bits per heavy atom. The van der Waals surface area contributed by atoms with E-state index in [1.165, 1.54) is 10.7 Å². The fourth-order valence-corrected chi connectivity index (χ4v) is 2.46. The van der Waals surface area contributed by atoms with Crippen molar-refractivity contribution in [1.29, 1.82) is 0 Å². The van der Waals surface area contributed by atoms with E-state index >= 15 is 0 Å². The molecule has 29 heavy (non-hydrogen) atoms. The first kappa shape index (κ1) is 20.3. The molecule has 154 valence electrons. The number of imidazole rings is 1. The van der Waals surface area contributed by atoms with Gasteiger partial charge in [0.25, 0.3) is 5.91 Å². The van der Waals surface area contributed by atoms with Gasteiger partial charge in [0.05, 0.1) is 24.6 Å². The van der Waals surface area contributed by atoms with Gasteiger partial charge in [-0.2, -0.15) is 5.10 Å². The largest absolute Gasteiger partial charge is 0.352 e. The number of nitrogens with one attached hydrogen (secondary N) is 2. The molecule has 3 rings (SSSR count). The standard InChI is InChI=1S/C17H19F2N7O3/c1-10-15(25-29-24-10)16(28)21-8-12-9-26-13(23-12)5-11(7-22-26)6-20-14(27)3-4-17(2,18)19/h5,7,9H,3-4,6,8H2,1-2H3,(H,20,27)(H,21,28). The minimum Gasteiger partial charge on any atom is -0.352 e. The number of alkyl halides is 2. The Hall–Kier alpha value is -3.44. The van der Waals surface area contributed by atoms with Crippen molar-refractivity contribution < 1.29 is 23.0 Å². The lowest BCUT2D eigenvalue weighted by Crippen LogP contribution is -2.25. The molecule has 10 nitrogen and oxygen atoms in total. The number of fused-ring (bicyclic) bond motifs is 1. The number of rotatable bonds is 8. The third kappa shape index (κ3) is 5.53. The summed E-state index contributed by atoms with van der Waals surface area (Å²) in [6, 6.07) is 1.71. The van der Waals surface area contributed by atoms with Gasteiger partial charge in [0.1, 0.15) is 5.69 Å². The predicted octanol–water partition coefficient (Wildman–Crippen LogP) is 1.40. The summed E-state index contributed by atoms with van der Waals surface area (Å²) in [7, 11) is 0. The van der Waals surface area contributed by atoms with E-state index < -0.39 is 24.2 Å². The maximum Gasteiger partial charge on any atom is 0.275 e. The number of hydrogen-bond acceptors (Lipinski definition) is 7. The molecule has 0 fully saturated rings. The number of aryl methyl sites for hydroxylation is 1. The summed E-state index contributed by atoms with van der Waals surface area (Å²) < 4.78 is 31.6. The Kier molecular flexibility index (Phi) is 5.80. The van der Waals surface area contributed by atoms with Gasteiger partial charge in [0, 0.05) is 19.4 Å². The smallest absolute Gasteiger partial charge is 0.275 e. The zero-order valence-corrected chi connectivity index (χ0v) is 15.8. The first-order valence-corrected chi connectivity index (χ1v) is 8.76. The Labute approximate surface area is 163 Å². The Balaban J connectivity index is 1.56. The van der Waals surface area contributed by atoms with Gasteiger partial charge in [0.15, 0.2) is 11.3 Å². The van der Waals surface area contributed by atoms with Crippen LogP contribution in [0.15, 0.2) is 23.1 Å². The van der Waals surface area contributed by atoms with Crippen LogP contribution in [0.4, 0.5) is 8.78 Å². The van der Waals surface area contributed by atoms with Crippen molar-refractivity contribution in [3.63, 3.8) is 0 Å². The number of carbonyl (C=O) groups is 2. The molecule has 0 aliphatic heterocycles. The third-order valence-corrected chi connectivity index (χ3v) is 4.01. The molecule has 0 saturated heterocycles. The molecule has 0 aliphatic rings. The zero-order valence-electron chi connectivity index (χ0n) is 15.8. The van der Waals surface area contributed by atoms with E-state index in [9.17, 15) is 18.4 Å². The van der Waals surface area contributed by atoms with Crippen molar-refractivity contribution in [3.05, 3.63) is 41.1 Å². The van der Waals surface area contributed by atoms with Gasteiger partial charge in [-0.05, 0) is 30.6 Å². The molecule has 0 atom stereocenters. The summed E-state index contributed by atoms with van der Waals surface area (Å²) in [4.78, 5) is 28.0. The van der Waals surface area contributed by atoms with Gasteiger partial charge in [-0.25, -0.2) is 22.9 Å². The fraction of sp³-hybridized carbons (Fsp3) is 0.412. The highest BCUT2D eigenvalue weighted by Gasteiger charge is 2.22. The highest BCUT2D eigenvalue weighted by Crippen LogP contribution is 2.18. The minimum absolute atomic E-state index is 0.103. The van der Waals surface area contributed by atoms with E-state index in [4.69, 9.17) is 0 Å². The van der Waals surface area contributed by atoms with Crippen LogP contribution >= 0.6 is 0 Å². The summed E-state index contributed by atoms with van der Waals surface area (Å²) in [5, 5.41) is 16.5. The summed E-state index contributed by atoms with van der Waals surface area (Å²) in [5.41, 5.74) is 2.23. The van der Waals surface area contributed by atoms with Crippen LogP contribution in [0.5, 0.6) is 0 Å². The lowest BCUT2D eigenvalue weighted by atomic mass is 10.2. The molecular weight excluding hydrogens is 388 g/mol. The quantitative estimate of drug-likeness (QED) is 0.578. The third-order valence-electron chi connectivity index (χ3n) is 4.01. The summed E-state index contributed by atoms with van der Waals surface area (Å²) in [5.74, 6) is -3.77. The topological polar surface area (TPSA) is 127 Å². The molecule has 3 aromatic heterocycles. The second-order valence-electron chi connectivity index (χ2n) is 6.63. The van der Waals surface area contributed by atoms with Crippen LogP contribution in [0.25, 0.3) is 5.65 Å². The summed E-state index contributed by atoms with van der Waals surface area (Å²) in [6.45, 7) is 2.68. The Morgan fingerprint density at radius 2 is 2.03 bits per heavy atom. The lowest BCUT2D eigenvalue weighted by molar-refractivity contribution is -0.123. The molecule has 0 unspecified atom stereocenters. The monoisotopic (exact) mass is 407 g/mol. The number of hydrogen-bond donors (Lipinski definition) is 2. The predicted molar refractivity (Wildman–Crippen MR) is 94.9 cm³/mol. The molecule has 0 bridgehead atoms. The highest BCUT2D eigenvalue weighted by atomic mass is 19.3. The van der Waals surface area contributed by atoms with Gasteiger partial charge < -0.3 is 10.6 Å². The molecule has 12 heteroatoms. The number of aromatic nitrogens is 5. The second-order valence-corrected chi connectivity index (χ2v) is 6.63. The average Bonchev–Trinajstić information content (AvgIpc) is 3.27. The molecule has 0 aliphatic carbocycles. The summed E-state index contributed by atoms with van der Waals surface area (Å²) in [6.07, 6.45) is 2.42. The van der Waals surface area contributed by atoms with E-state index in [0.717, 1.165) is 6.92 Å². The van der Waals surface area contributed by atoms with E-state index in [2.05, 4.69) is 35.7 Å². The number of carbonyl (C=O) groups excluding carboxylic acids is 2. The van der Waals surface area contributed by atoms with Crippen molar-refractivity contribution >= 4 is 17.5 Å². The molecule has 0 aromatic carbocycles. The number of amides is 2. The van der Waals surface area contributed by atoms with Gasteiger partial charge in [-0.3, -0.25) is 9.59 Å². The SMILES string of the molecule is Cc1nonc1C(=O)NCc1cn2ncc(CNC(=O)CCC(C)(F)F)cc2n1. The second kappa shape index (κ2) is 8.29. The zero-order chi connectivity index (χ0) is 21.0. The van der Waals surface area contributed by atoms with Gasteiger partial charge >= 0.3 is 0 Å². The van der Waals surface area contributed by atoms with Crippen LogP contribution in [0.3, 0.4) is 0 Å². The first-order valence-electron chi connectivity index (χ1n) is 8.76. The first-order chi connectivity index (χ1) is 13.7.